The van der Waals surface area contributed by atoms with Gasteiger partial charge in [0.25, 0.3) is 0 Å². The first-order valence-electron chi connectivity index (χ1n) is 5.38. The minimum absolute atomic E-state index is 0.0561. The summed E-state index contributed by atoms with van der Waals surface area (Å²) in [4.78, 5) is 11.7. The van der Waals surface area contributed by atoms with Crippen LogP contribution in [0.25, 0.3) is 0 Å². The molecule has 0 aliphatic heterocycles. The molecule has 1 N–H and O–H groups in total. The van der Waals surface area contributed by atoms with Crippen molar-refractivity contribution in [1.29, 1.82) is 0 Å². The molecular weight excluding hydrogens is 204 g/mol. The van der Waals surface area contributed by atoms with E-state index in [0.29, 0.717) is 12.2 Å². The van der Waals surface area contributed by atoms with Crippen LogP contribution < -0.4 is 0 Å². The van der Waals surface area contributed by atoms with Crippen LogP contribution >= 0.6 is 0 Å². The van der Waals surface area contributed by atoms with Gasteiger partial charge in [0.1, 0.15) is 17.1 Å². The number of benzene rings is 1. The molecule has 0 aliphatic carbocycles. The first-order valence-corrected chi connectivity index (χ1v) is 5.38. The third-order valence-corrected chi connectivity index (χ3v) is 2.13. The molecule has 0 bridgehead atoms. The van der Waals surface area contributed by atoms with E-state index >= 15 is 0 Å². The molecule has 0 saturated heterocycles. The number of allylic oxidation sites excluding steroid dienone is 2. The van der Waals surface area contributed by atoms with Gasteiger partial charge in [-0.1, -0.05) is 26.0 Å². The molecular formula is C13H16O3. The van der Waals surface area contributed by atoms with Gasteiger partial charge in [-0.3, -0.25) is 0 Å². The highest BCUT2D eigenvalue weighted by molar-refractivity contribution is 5.92. The standard InChI is InChI=1S/C13H16O3/c1-3-7-10(4-2)16-13(15)11-8-5-6-9-12(11)14/h5-9,14H,3-4H2,1-2H3. The van der Waals surface area contributed by atoms with Gasteiger partial charge in [-0.2, -0.15) is 0 Å². The SMILES string of the molecule is CCC=C(CC)OC(=O)c1ccccc1O. The van der Waals surface area contributed by atoms with Crippen molar-refractivity contribution in [3.05, 3.63) is 41.7 Å². The normalized spacial score (nSPS) is 11.2. The summed E-state index contributed by atoms with van der Waals surface area (Å²) in [6.45, 7) is 3.89. The fourth-order valence-electron chi connectivity index (χ4n) is 1.31. The molecule has 0 saturated carbocycles. The number of para-hydroxylation sites is 1. The first-order chi connectivity index (χ1) is 7.69. The Balaban J connectivity index is 2.80. The number of aromatic hydroxyl groups is 1. The number of rotatable bonds is 4. The van der Waals surface area contributed by atoms with Crippen molar-refractivity contribution in [2.24, 2.45) is 0 Å². The van der Waals surface area contributed by atoms with Crippen LogP contribution in [-0.2, 0) is 4.74 Å². The van der Waals surface area contributed by atoms with Crippen LogP contribution in [0.15, 0.2) is 36.1 Å². The van der Waals surface area contributed by atoms with E-state index in [4.69, 9.17) is 4.74 Å². The fourth-order valence-corrected chi connectivity index (χ4v) is 1.31. The van der Waals surface area contributed by atoms with E-state index in [1.54, 1.807) is 12.1 Å². The molecule has 0 amide bonds. The third kappa shape index (κ3) is 3.12. The molecule has 0 fully saturated rings. The maximum absolute atomic E-state index is 11.7. The molecule has 86 valence electrons. The van der Waals surface area contributed by atoms with Gasteiger partial charge in [-0.05, 0) is 24.6 Å². The van der Waals surface area contributed by atoms with Crippen molar-refractivity contribution in [1.82, 2.24) is 0 Å². The monoisotopic (exact) mass is 220 g/mol. The van der Waals surface area contributed by atoms with Crippen LogP contribution in [0.1, 0.15) is 37.0 Å². The molecule has 1 aromatic rings. The predicted molar refractivity (Wildman–Crippen MR) is 62.2 cm³/mol. The van der Waals surface area contributed by atoms with E-state index in [0.717, 1.165) is 6.42 Å². The molecule has 16 heavy (non-hydrogen) atoms. The smallest absolute Gasteiger partial charge is 0.346 e. The highest BCUT2D eigenvalue weighted by Crippen LogP contribution is 2.18. The summed E-state index contributed by atoms with van der Waals surface area (Å²) in [6.07, 6.45) is 3.34. The number of phenols is 1. The second kappa shape index (κ2) is 5.95. The molecule has 3 heteroatoms. The van der Waals surface area contributed by atoms with Crippen LogP contribution in [-0.4, -0.2) is 11.1 Å². The molecule has 0 unspecified atom stereocenters. The van der Waals surface area contributed by atoms with E-state index in [1.165, 1.54) is 12.1 Å². The van der Waals surface area contributed by atoms with Gasteiger partial charge in [0, 0.05) is 6.42 Å². The summed E-state index contributed by atoms with van der Waals surface area (Å²) < 4.78 is 5.17. The zero-order valence-electron chi connectivity index (χ0n) is 9.56. The number of carbonyl (C=O) groups excluding carboxylic acids is 1. The van der Waals surface area contributed by atoms with Gasteiger partial charge in [0.05, 0.1) is 0 Å². The average molecular weight is 220 g/mol. The number of esters is 1. The molecule has 0 radical (unpaired) electrons. The summed E-state index contributed by atoms with van der Waals surface area (Å²) in [5.74, 6) is 0.0647. The molecule has 0 spiro atoms. The van der Waals surface area contributed by atoms with Gasteiger partial charge < -0.3 is 9.84 Å². The van der Waals surface area contributed by atoms with Crippen molar-refractivity contribution in [2.45, 2.75) is 26.7 Å². The van der Waals surface area contributed by atoms with Crippen molar-refractivity contribution in [3.8, 4) is 5.75 Å². The number of hydrogen-bond acceptors (Lipinski definition) is 3. The van der Waals surface area contributed by atoms with Crippen molar-refractivity contribution < 1.29 is 14.6 Å². The fraction of sp³-hybridized carbons (Fsp3) is 0.308. The summed E-state index contributed by atoms with van der Waals surface area (Å²) in [7, 11) is 0. The second-order valence-corrected chi connectivity index (χ2v) is 3.34. The average Bonchev–Trinajstić information content (AvgIpc) is 2.28. The second-order valence-electron chi connectivity index (χ2n) is 3.34. The van der Waals surface area contributed by atoms with Crippen molar-refractivity contribution in [2.75, 3.05) is 0 Å². The van der Waals surface area contributed by atoms with Crippen LogP contribution in [0.5, 0.6) is 5.75 Å². The summed E-state index contributed by atoms with van der Waals surface area (Å²) >= 11 is 0. The van der Waals surface area contributed by atoms with Crippen LogP contribution in [0.4, 0.5) is 0 Å². The van der Waals surface area contributed by atoms with E-state index in [9.17, 15) is 9.90 Å². The van der Waals surface area contributed by atoms with Gasteiger partial charge in [-0.15, -0.1) is 0 Å². The lowest BCUT2D eigenvalue weighted by Crippen LogP contribution is -2.05. The number of hydrogen-bond donors (Lipinski definition) is 1. The Hall–Kier alpha value is -1.77. The first kappa shape index (κ1) is 12.3. The highest BCUT2D eigenvalue weighted by atomic mass is 16.5. The van der Waals surface area contributed by atoms with Crippen molar-refractivity contribution >= 4 is 5.97 Å². The summed E-state index contributed by atoms with van der Waals surface area (Å²) in [5.41, 5.74) is 0.193. The Bertz CT molecular complexity index is 394. The molecule has 0 heterocycles. The molecule has 0 aromatic heterocycles. The Kier molecular flexibility index (Phi) is 4.58. The zero-order chi connectivity index (χ0) is 12.0. The molecule has 1 aromatic carbocycles. The van der Waals surface area contributed by atoms with Gasteiger partial charge in [-0.25, -0.2) is 4.79 Å². The molecule has 3 nitrogen and oxygen atoms in total. The maximum Gasteiger partial charge on any atom is 0.346 e. The van der Waals surface area contributed by atoms with Crippen LogP contribution in [0.3, 0.4) is 0 Å². The molecule has 0 atom stereocenters. The predicted octanol–water partition coefficient (Wildman–Crippen LogP) is 3.25. The summed E-state index contributed by atoms with van der Waals surface area (Å²) in [6, 6.07) is 6.35. The minimum atomic E-state index is -0.514. The van der Waals surface area contributed by atoms with Gasteiger partial charge >= 0.3 is 5.97 Å². The quantitative estimate of drug-likeness (QED) is 0.625. The van der Waals surface area contributed by atoms with E-state index in [1.807, 2.05) is 19.9 Å². The number of phenolic OH excluding ortho intramolecular Hbond substituents is 1. The Morgan fingerprint density at radius 1 is 1.38 bits per heavy atom. The lowest BCUT2D eigenvalue weighted by molar-refractivity contribution is 0.0612. The minimum Gasteiger partial charge on any atom is -0.507 e. The highest BCUT2D eigenvalue weighted by Gasteiger charge is 2.12. The molecule has 0 aliphatic rings. The lowest BCUT2D eigenvalue weighted by atomic mass is 10.2. The van der Waals surface area contributed by atoms with Crippen molar-refractivity contribution in [3.63, 3.8) is 0 Å². The van der Waals surface area contributed by atoms with Gasteiger partial charge in [0.2, 0.25) is 0 Å². The van der Waals surface area contributed by atoms with Crippen LogP contribution in [0.2, 0.25) is 0 Å². The Labute approximate surface area is 95.4 Å². The zero-order valence-corrected chi connectivity index (χ0v) is 9.56. The molecule has 1 rings (SSSR count). The van der Waals surface area contributed by atoms with Crippen LogP contribution in [0, 0.1) is 0 Å². The lowest BCUT2D eigenvalue weighted by Gasteiger charge is -2.07. The van der Waals surface area contributed by atoms with E-state index < -0.39 is 5.97 Å². The Morgan fingerprint density at radius 2 is 2.06 bits per heavy atom. The van der Waals surface area contributed by atoms with Gasteiger partial charge in [0.15, 0.2) is 0 Å². The third-order valence-electron chi connectivity index (χ3n) is 2.13. The largest absolute Gasteiger partial charge is 0.507 e. The Morgan fingerprint density at radius 3 is 2.62 bits per heavy atom. The number of ether oxygens (including phenoxy) is 1. The summed E-state index contributed by atoms with van der Waals surface area (Å²) in [5, 5.41) is 9.48. The van der Waals surface area contributed by atoms with E-state index in [-0.39, 0.29) is 11.3 Å². The number of carbonyl (C=O) groups is 1. The van der Waals surface area contributed by atoms with E-state index in [2.05, 4.69) is 0 Å². The maximum atomic E-state index is 11.7. The topological polar surface area (TPSA) is 46.5 Å².